The molecule has 2 aromatic rings. The van der Waals surface area contributed by atoms with Gasteiger partial charge in [-0.15, -0.1) is 0 Å². The van der Waals surface area contributed by atoms with E-state index in [4.69, 9.17) is 10.1 Å². The van der Waals surface area contributed by atoms with E-state index in [0.717, 1.165) is 48.2 Å². The number of hydrogen-bond donors (Lipinski definition) is 2. The van der Waals surface area contributed by atoms with Crippen LogP contribution in [-0.4, -0.2) is 43.2 Å². The Bertz CT molecular complexity index is 713. The summed E-state index contributed by atoms with van der Waals surface area (Å²) >= 11 is 0. The molecule has 0 fully saturated rings. The average Bonchev–Trinajstić information content (AvgIpc) is 2.60. The van der Waals surface area contributed by atoms with Gasteiger partial charge >= 0.3 is 5.97 Å². The van der Waals surface area contributed by atoms with Crippen molar-refractivity contribution in [2.24, 2.45) is 0 Å². The lowest BCUT2D eigenvalue weighted by Crippen LogP contribution is -2.23. The van der Waals surface area contributed by atoms with Crippen LogP contribution in [0.4, 0.5) is 5.82 Å². The van der Waals surface area contributed by atoms with Crippen LogP contribution in [-0.2, 0) is 4.79 Å². The maximum atomic E-state index is 10.6. The number of nitrogens with zero attached hydrogens (tertiary/aromatic N) is 2. The fourth-order valence-electron chi connectivity index (χ4n) is 2.37. The van der Waals surface area contributed by atoms with Crippen molar-refractivity contribution in [2.75, 3.05) is 32.1 Å². The van der Waals surface area contributed by atoms with Crippen LogP contribution in [0.2, 0.25) is 0 Å². The van der Waals surface area contributed by atoms with E-state index in [0.29, 0.717) is 0 Å². The van der Waals surface area contributed by atoms with Crippen LogP contribution in [0.1, 0.15) is 12.0 Å². The Labute approximate surface area is 142 Å². The quantitative estimate of drug-likeness (QED) is 0.577. The molecule has 0 atom stereocenters. The van der Waals surface area contributed by atoms with Crippen LogP contribution >= 0.6 is 0 Å². The first-order valence-corrected chi connectivity index (χ1v) is 7.94. The molecule has 0 bridgehead atoms. The largest absolute Gasteiger partial charge is 0.478 e. The van der Waals surface area contributed by atoms with Crippen molar-refractivity contribution in [3.05, 3.63) is 54.1 Å². The van der Waals surface area contributed by atoms with Crippen LogP contribution in [0, 0.1) is 0 Å². The van der Waals surface area contributed by atoms with Crippen molar-refractivity contribution < 1.29 is 9.90 Å². The van der Waals surface area contributed by atoms with Gasteiger partial charge in [0, 0.05) is 25.2 Å². The lowest BCUT2D eigenvalue weighted by atomic mass is 10.1. The van der Waals surface area contributed by atoms with Gasteiger partial charge in [0.15, 0.2) is 0 Å². The molecule has 0 radical (unpaired) electrons. The number of carboxylic acid groups (broad SMARTS) is 1. The third kappa shape index (κ3) is 5.21. The average molecular weight is 325 g/mol. The summed E-state index contributed by atoms with van der Waals surface area (Å²) in [5.74, 6) is -0.0289. The number of anilines is 1. The Morgan fingerprint density at radius 2 is 2.08 bits per heavy atom. The Balaban J connectivity index is 2.19. The molecule has 0 saturated heterocycles. The number of carbonyl (C=O) groups is 1. The first-order valence-electron chi connectivity index (χ1n) is 7.94. The van der Waals surface area contributed by atoms with Crippen LogP contribution < -0.4 is 10.2 Å². The standard InChI is InChI=1S/C19H23N3O2/c1-20-12-5-13-22(2)18-9-4-8-17(21-18)16-7-3-6-15(14-16)10-11-19(23)24/h3-4,6-11,14,20H,5,12-13H2,1-2H3,(H,23,24)/b11-10+. The van der Waals surface area contributed by atoms with Gasteiger partial charge < -0.3 is 15.3 Å². The summed E-state index contributed by atoms with van der Waals surface area (Å²) in [6.45, 7) is 1.90. The molecule has 5 nitrogen and oxygen atoms in total. The van der Waals surface area contributed by atoms with Crippen LogP contribution in [0.3, 0.4) is 0 Å². The van der Waals surface area contributed by atoms with Crippen LogP contribution in [0.15, 0.2) is 48.5 Å². The van der Waals surface area contributed by atoms with Crippen molar-refractivity contribution in [1.82, 2.24) is 10.3 Å². The fraction of sp³-hybridized carbons (Fsp3) is 0.263. The van der Waals surface area contributed by atoms with Gasteiger partial charge in [0.05, 0.1) is 5.69 Å². The zero-order chi connectivity index (χ0) is 17.4. The van der Waals surface area contributed by atoms with E-state index in [1.165, 1.54) is 0 Å². The molecule has 126 valence electrons. The second-order valence-corrected chi connectivity index (χ2v) is 5.56. The van der Waals surface area contributed by atoms with E-state index in [1.54, 1.807) is 6.08 Å². The molecule has 0 spiro atoms. The second kappa shape index (κ2) is 8.84. The molecule has 0 saturated carbocycles. The van der Waals surface area contributed by atoms with Gasteiger partial charge in [0.1, 0.15) is 5.82 Å². The minimum atomic E-state index is -0.955. The Hall–Kier alpha value is -2.66. The number of aliphatic carboxylic acids is 1. The number of aromatic nitrogens is 1. The van der Waals surface area contributed by atoms with Gasteiger partial charge in [-0.1, -0.05) is 24.3 Å². The molecule has 0 aliphatic heterocycles. The zero-order valence-corrected chi connectivity index (χ0v) is 14.1. The smallest absolute Gasteiger partial charge is 0.328 e. The number of pyridine rings is 1. The third-order valence-electron chi connectivity index (χ3n) is 3.65. The van der Waals surface area contributed by atoms with E-state index >= 15 is 0 Å². The second-order valence-electron chi connectivity index (χ2n) is 5.56. The first-order chi connectivity index (χ1) is 11.6. The summed E-state index contributed by atoms with van der Waals surface area (Å²) in [6.07, 6.45) is 3.77. The lowest BCUT2D eigenvalue weighted by molar-refractivity contribution is -0.131. The highest BCUT2D eigenvalue weighted by atomic mass is 16.4. The van der Waals surface area contributed by atoms with E-state index in [-0.39, 0.29) is 0 Å². The maximum absolute atomic E-state index is 10.6. The van der Waals surface area contributed by atoms with Gasteiger partial charge in [0.2, 0.25) is 0 Å². The Kier molecular flexibility index (Phi) is 6.51. The van der Waals surface area contributed by atoms with Gasteiger partial charge in [-0.05, 0) is 49.9 Å². The summed E-state index contributed by atoms with van der Waals surface area (Å²) in [5, 5.41) is 11.9. The molecule has 0 aliphatic carbocycles. The number of benzene rings is 1. The minimum Gasteiger partial charge on any atom is -0.478 e. The van der Waals surface area contributed by atoms with Gasteiger partial charge in [-0.2, -0.15) is 0 Å². The lowest BCUT2D eigenvalue weighted by Gasteiger charge is -2.18. The predicted molar refractivity (Wildman–Crippen MR) is 98.2 cm³/mol. The van der Waals surface area contributed by atoms with Gasteiger partial charge in [-0.3, -0.25) is 0 Å². The highest BCUT2D eigenvalue weighted by molar-refractivity contribution is 5.85. The van der Waals surface area contributed by atoms with E-state index in [2.05, 4.69) is 10.2 Å². The number of nitrogens with one attached hydrogen (secondary N) is 1. The number of hydrogen-bond acceptors (Lipinski definition) is 4. The molecule has 24 heavy (non-hydrogen) atoms. The predicted octanol–water partition coefficient (Wildman–Crippen LogP) is 2.89. The van der Waals surface area contributed by atoms with Crippen LogP contribution in [0.25, 0.3) is 17.3 Å². The van der Waals surface area contributed by atoms with Crippen molar-refractivity contribution in [3.63, 3.8) is 0 Å². The fourth-order valence-corrected chi connectivity index (χ4v) is 2.37. The molecule has 1 heterocycles. The maximum Gasteiger partial charge on any atom is 0.328 e. The molecule has 0 amide bonds. The summed E-state index contributed by atoms with van der Waals surface area (Å²) < 4.78 is 0. The highest BCUT2D eigenvalue weighted by Gasteiger charge is 2.05. The van der Waals surface area contributed by atoms with Gasteiger partial charge in [0.25, 0.3) is 0 Å². The Morgan fingerprint density at radius 3 is 2.83 bits per heavy atom. The monoisotopic (exact) mass is 325 g/mol. The summed E-state index contributed by atoms with van der Waals surface area (Å²) in [6, 6.07) is 13.6. The van der Waals surface area contributed by atoms with Crippen molar-refractivity contribution in [1.29, 1.82) is 0 Å². The molecule has 2 rings (SSSR count). The first kappa shape index (κ1) is 17.7. The Morgan fingerprint density at radius 1 is 1.29 bits per heavy atom. The van der Waals surface area contributed by atoms with E-state index in [1.807, 2.05) is 56.6 Å². The molecule has 0 unspecified atom stereocenters. The van der Waals surface area contributed by atoms with E-state index in [9.17, 15) is 4.79 Å². The molecule has 5 heteroatoms. The molecule has 0 aliphatic rings. The minimum absolute atomic E-state index is 0.837. The van der Waals surface area contributed by atoms with Crippen molar-refractivity contribution in [2.45, 2.75) is 6.42 Å². The SMILES string of the molecule is CNCCCN(C)c1cccc(-c2cccc(/C=C/C(=O)O)c2)n1. The molecule has 1 aromatic carbocycles. The van der Waals surface area contributed by atoms with Crippen LogP contribution in [0.5, 0.6) is 0 Å². The molecular weight excluding hydrogens is 302 g/mol. The zero-order valence-electron chi connectivity index (χ0n) is 14.1. The molecule has 1 aromatic heterocycles. The van der Waals surface area contributed by atoms with Crippen molar-refractivity contribution in [3.8, 4) is 11.3 Å². The van der Waals surface area contributed by atoms with E-state index < -0.39 is 5.97 Å². The summed E-state index contributed by atoms with van der Waals surface area (Å²) in [7, 11) is 3.98. The number of carboxylic acids is 1. The van der Waals surface area contributed by atoms with Gasteiger partial charge in [-0.25, -0.2) is 9.78 Å². The highest BCUT2D eigenvalue weighted by Crippen LogP contribution is 2.22. The summed E-state index contributed by atoms with van der Waals surface area (Å²) in [4.78, 5) is 17.5. The topological polar surface area (TPSA) is 65.5 Å². The number of rotatable bonds is 8. The third-order valence-corrected chi connectivity index (χ3v) is 3.65. The molecule has 2 N–H and O–H groups in total. The summed E-state index contributed by atoms with van der Waals surface area (Å²) in [5.41, 5.74) is 2.68. The molecular formula is C19H23N3O2. The normalized spacial score (nSPS) is 10.9. The van der Waals surface area contributed by atoms with Crippen molar-refractivity contribution >= 4 is 17.9 Å².